The third-order valence-electron chi connectivity index (χ3n) is 1.57. The number of hydrogen-bond donors (Lipinski definition) is 2. The molecule has 0 aliphatic heterocycles. The van der Waals surface area contributed by atoms with Crippen LogP contribution in [0, 0.1) is 5.41 Å². The van der Waals surface area contributed by atoms with Crippen LogP contribution < -0.4 is 0 Å². The molecule has 1 aromatic rings. The third-order valence-corrected chi connectivity index (χ3v) is 1.57. The minimum atomic E-state index is 0.191. The van der Waals surface area contributed by atoms with Crippen molar-refractivity contribution in [2.24, 2.45) is 0 Å². The lowest BCUT2D eigenvalue weighted by molar-refractivity contribution is 0.288. The number of aryl methyl sites for hydroxylation is 1. The second-order valence-electron chi connectivity index (χ2n) is 2.53. The van der Waals surface area contributed by atoms with Gasteiger partial charge in [0.2, 0.25) is 0 Å². The van der Waals surface area contributed by atoms with E-state index >= 15 is 0 Å². The summed E-state index contributed by atoms with van der Waals surface area (Å²) in [7, 11) is 0. The van der Waals surface area contributed by atoms with Gasteiger partial charge >= 0.3 is 0 Å². The van der Waals surface area contributed by atoms with Crippen LogP contribution in [0.15, 0.2) is 18.2 Å². The molecule has 0 saturated heterocycles. The molecule has 0 aromatic carbocycles. The molecule has 64 valence electrons. The molecular weight excluding hydrogens is 152 g/mol. The van der Waals surface area contributed by atoms with Gasteiger partial charge in [0.25, 0.3) is 0 Å². The topological polar surface area (TPSA) is 57.0 Å². The Hall–Kier alpha value is -1.22. The number of pyridine rings is 1. The van der Waals surface area contributed by atoms with E-state index in [1.807, 2.05) is 12.1 Å². The zero-order valence-corrected chi connectivity index (χ0v) is 6.83. The highest BCUT2D eigenvalue weighted by molar-refractivity contribution is 5.73. The Morgan fingerprint density at radius 3 is 3.00 bits per heavy atom. The van der Waals surface area contributed by atoms with Crippen molar-refractivity contribution in [2.45, 2.75) is 12.8 Å². The first-order valence-corrected chi connectivity index (χ1v) is 3.94. The van der Waals surface area contributed by atoms with Gasteiger partial charge in [0.15, 0.2) is 0 Å². The molecule has 0 radical (unpaired) electrons. The summed E-state index contributed by atoms with van der Waals surface area (Å²) in [4.78, 5) is 4.17. The average molecular weight is 164 g/mol. The number of aromatic nitrogens is 1. The summed E-state index contributed by atoms with van der Waals surface area (Å²) in [6, 6.07) is 5.57. The summed E-state index contributed by atoms with van der Waals surface area (Å²) in [5.74, 6) is 0. The van der Waals surface area contributed by atoms with Gasteiger partial charge in [-0.2, -0.15) is 0 Å². The molecule has 12 heavy (non-hydrogen) atoms. The largest absolute Gasteiger partial charge is 0.396 e. The summed E-state index contributed by atoms with van der Waals surface area (Å²) < 4.78 is 0. The van der Waals surface area contributed by atoms with E-state index in [-0.39, 0.29) is 6.61 Å². The molecule has 3 nitrogen and oxygen atoms in total. The van der Waals surface area contributed by atoms with E-state index in [0.717, 1.165) is 18.5 Å². The van der Waals surface area contributed by atoms with Crippen LogP contribution in [0.5, 0.6) is 0 Å². The standard InChI is InChI=1S/C9H12N2O/c10-7-9-4-1-3-8(11-9)5-2-6-12/h1,3-4,7,10,12H,2,5-6H2. The van der Waals surface area contributed by atoms with Crippen molar-refractivity contribution in [2.75, 3.05) is 6.61 Å². The predicted octanol–water partition coefficient (Wildman–Crippen LogP) is 1.00. The van der Waals surface area contributed by atoms with Gasteiger partial charge in [0.1, 0.15) is 0 Å². The molecule has 1 aromatic heterocycles. The van der Waals surface area contributed by atoms with E-state index in [1.165, 1.54) is 6.21 Å². The van der Waals surface area contributed by atoms with Gasteiger partial charge < -0.3 is 10.5 Å². The maximum Gasteiger partial charge on any atom is 0.0808 e. The van der Waals surface area contributed by atoms with Gasteiger partial charge in [0, 0.05) is 18.5 Å². The molecule has 0 unspecified atom stereocenters. The minimum absolute atomic E-state index is 0.191. The molecule has 1 rings (SSSR count). The number of aliphatic hydroxyl groups excluding tert-OH is 1. The van der Waals surface area contributed by atoms with E-state index in [2.05, 4.69) is 4.98 Å². The Bertz CT molecular complexity index is 260. The Balaban J connectivity index is 2.66. The van der Waals surface area contributed by atoms with Crippen LogP contribution in [0.25, 0.3) is 0 Å². The van der Waals surface area contributed by atoms with Crippen molar-refractivity contribution in [3.8, 4) is 0 Å². The summed E-state index contributed by atoms with van der Waals surface area (Å²) >= 11 is 0. The van der Waals surface area contributed by atoms with Crippen molar-refractivity contribution >= 4 is 6.21 Å². The molecule has 1 heterocycles. The van der Waals surface area contributed by atoms with E-state index in [0.29, 0.717) is 5.69 Å². The van der Waals surface area contributed by atoms with Crippen molar-refractivity contribution in [1.29, 1.82) is 5.41 Å². The average Bonchev–Trinajstić information content (AvgIpc) is 2.15. The highest BCUT2D eigenvalue weighted by Gasteiger charge is 1.94. The van der Waals surface area contributed by atoms with Gasteiger partial charge in [-0.1, -0.05) is 6.07 Å². The number of hydrogen-bond acceptors (Lipinski definition) is 3. The van der Waals surface area contributed by atoms with Crippen molar-refractivity contribution < 1.29 is 5.11 Å². The van der Waals surface area contributed by atoms with E-state index in [9.17, 15) is 0 Å². The van der Waals surface area contributed by atoms with Crippen molar-refractivity contribution in [3.63, 3.8) is 0 Å². The predicted molar refractivity (Wildman–Crippen MR) is 47.5 cm³/mol. The number of aliphatic hydroxyl groups is 1. The Morgan fingerprint density at radius 2 is 2.33 bits per heavy atom. The van der Waals surface area contributed by atoms with Crippen molar-refractivity contribution in [1.82, 2.24) is 4.98 Å². The first-order valence-electron chi connectivity index (χ1n) is 3.94. The number of rotatable bonds is 4. The Morgan fingerprint density at radius 1 is 1.50 bits per heavy atom. The van der Waals surface area contributed by atoms with E-state index < -0.39 is 0 Å². The van der Waals surface area contributed by atoms with Gasteiger partial charge in [0.05, 0.1) is 5.69 Å². The Labute approximate surface area is 71.6 Å². The van der Waals surface area contributed by atoms with Crippen molar-refractivity contribution in [3.05, 3.63) is 29.6 Å². The van der Waals surface area contributed by atoms with Gasteiger partial charge in [-0.05, 0) is 25.0 Å². The second-order valence-corrected chi connectivity index (χ2v) is 2.53. The Kier molecular flexibility index (Phi) is 3.41. The zero-order valence-electron chi connectivity index (χ0n) is 6.83. The van der Waals surface area contributed by atoms with Gasteiger partial charge in [-0.25, -0.2) is 0 Å². The quantitative estimate of drug-likeness (QED) is 0.652. The lowest BCUT2D eigenvalue weighted by atomic mass is 10.2. The maximum absolute atomic E-state index is 8.58. The van der Waals surface area contributed by atoms with Crippen LogP contribution >= 0.6 is 0 Å². The first-order chi connectivity index (χ1) is 5.86. The molecular formula is C9H12N2O. The van der Waals surface area contributed by atoms with Crippen LogP contribution in [0.3, 0.4) is 0 Å². The second kappa shape index (κ2) is 4.62. The van der Waals surface area contributed by atoms with E-state index in [4.69, 9.17) is 10.5 Å². The minimum Gasteiger partial charge on any atom is -0.396 e. The summed E-state index contributed by atoms with van der Waals surface area (Å²) in [6.45, 7) is 0.191. The first kappa shape index (κ1) is 8.87. The SMILES string of the molecule is N=Cc1cccc(CCCO)n1. The molecule has 0 atom stereocenters. The summed E-state index contributed by atoms with van der Waals surface area (Å²) in [5.41, 5.74) is 1.61. The van der Waals surface area contributed by atoms with Crippen LogP contribution in [0.4, 0.5) is 0 Å². The highest BCUT2D eigenvalue weighted by atomic mass is 16.2. The fourth-order valence-corrected chi connectivity index (χ4v) is 0.978. The highest BCUT2D eigenvalue weighted by Crippen LogP contribution is 2.00. The molecule has 2 N–H and O–H groups in total. The molecule has 0 amide bonds. The molecule has 3 heteroatoms. The smallest absolute Gasteiger partial charge is 0.0808 e. The normalized spacial score (nSPS) is 9.75. The molecule has 0 fully saturated rings. The van der Waals surface area contributed by atoms with Gasteiger partial charge in [-0.3, -0.25) is 4.98 Å². The lowest BCUT2D eigenvalue weighted by Crippen LogP contribution is -1.95. The van der Waals surface area contributed by atoms with Crippen LogP contribution in [0.2, 0.25) is 0 Å². The van der Waals surface area contributed by atoms with Crippen LogP contribution in [-0.4, -0.2) is 22.9 Å². The zero-order chi connectivity index (χ0) is 8.81. The molecule has 0 saturated carbocycles. The van der Waals surface area contributed by atoms with Crippen LogP contribution in [-0.2, 0) is 6.42 Å². The molecule has 0 spiro atoms. The third kappa shape index (κ3) is 2.43. The lowest BCUT2D eigenvalue weighted by Gasteiger charge is -1.98. The monoisotopic (exact) mass is 164 g/mol. The fraction of sp³-hybridized carbons (Fsp3) is 0.333. The summed E-state index contributed by atoms with van der Waals surface area (Å²) in [5, 5.41) is 15.6. The van der Waals surface area contributed by atoms with Gasteiger partial charge in [-0.15, -0.1) is 0 Å². The van der Waals surface area contributed by atoms with Crippen LogP contribution in [0.1, 0.15) is 17.8 Å². The summed E-state index contributed by atoms with van der Waals surface area (Å²) in [6.07, 6.45) is 2.73. The number of nitrogens with zero attached hydrogens (tertiary/aromatic N) is 1. The molecule has 0 aliphatic rings. The maximum atomic E-state index is 8.58. The number of nitrogens with one attached hydrogen (secondary N) is 1. The fourth-order valence-electron chi connectivity index (χ4n) is 0.978. The van der Waals surface area contributed by atoms with E-state index in [1.54, 1.807) is 6.07 Å². The molecule has 0 bridgehead atoms. The molecule has 0 aliphatic carbocycles.